The van der Waals surface area contributed by atoms with Crippen molar-refractivity contribution >= 4 is 23.5 Å². The first kappa shape index (κ1) is 25.1. The lowest BCUT2D eigenvalue weighted by Gasteiger charge is -2.34. The van der Waals surface area contributed by atoms with Crippen molar-refractivity contribution in [2.75, 3.05) is 39.0 Å². The first-order chi connectivity index (χ1) is 15.7. The second-order valence-corrected chi connectivity index (χ2v) is 8.91. The summed E-state index contributed by atoms with van der Waals surface area (Å²) in [4.78, 5) is 28.2. The summed E-state index contributed by atoms with van der Waals surface area (Å²) in [5.74, 6) is 1.61. The van der Waals surface area contributed by atoms with Crippen LogP contribution in [0.4, 0.5) is 13.2 Å². The molecule has 0 N–H and O–H groups in total. The summed E-state index contributed by atoms with van der Waals surface area (Å²) >= 11 is 1.48. The highest BCUT2D eigenvalue weighted by Crippen LogP contribution is 2.29. The third-order valence-electron chi connectivity index (χ3n) is 5.58. The number of hydrogen-bond acceptors (Lipinski definition) is 5. The number of nitrogens with zero attached hydrogens (tertiary/aromatic N) is 2. The number of carbonyl (C=O) groups is 2. The molecule has 0 radical (unpaired) electrons. The molecule has 1 aliphatic rings. The zero-order valence-electron chi connectivity index (χ0n) is 18.7. The number of hydrogen-bond donors (Lipinski definition) is 0. The largest absolute Gasteiger partial charge is 0.496 e. The van der Waals surface area contributed by atoms with Crippen LogP contribution in [0, 0.1) is 0 Å². The number of alkyl halides is 3. The van der Waals surface area contributed by atoms with E-state index in [1.165, 1.54) is 30.8 Å². The minimum Gasteiger partial charge on any atom is -0.496 e. The van der Waals surface area contributed by atoms with Gasteiger partial charge < -0.3 is 9.64 Å². The Hall–Kier alpha value is -2.52. The standard InChI is InChI=1S/C24H27F3N2O3S/c1-17(30)19-5-8-22(32-2)20(13-19)15-33-16-23(31)29-11-9-28(10-12-29)14-18-3-6-21(7-4-18)24(25,26)27/h3-8,13H,9-12,14-16H2,1-2H3. The molecular weight excluding hydrogens is 453 g/mol. The van der Waals surface area contributed by atoms with Gasteiger partial charge in [0.1, 0.15) is 5.75 Å². The predicted molar refractivity (Wildman–Crippen MR) is 122 cm³/mol. The van der Waals surface area contributed by atoms with Gasteiger partial charge in [0.15, 0.2) is 5.78 Å². The number of rotatable bonds is 8. The molecule has 2 aromatic rings. The Labute approximate surface area is 195 Å². The molecule has 0 aromatic heterocycles. The van der Waals surface area contributed by atoms with E-state index in [1.807, 2.05) is 4.90 Å². The quantitative estimate of drug-likeness (QED) is 0.521. The zero-order valence-corrected chi connectivity index (χ0v) is 19.5. The second-order valence-electron chi connectivity index (χ2n) is 7.93. The average molecular weight is 481 g/mol. The monoisotopic (exact) mass is 480 g/mol. The summed E-state index contributed by atoms with van der Waals surface area (Å²) in [5, 5.41) is 0. The van der Waals surface area contributed by atoms with Crippen molar-refractivity contribution < 1.29 is 27.5 Å². The molecule has 178 valence electrons. The number of ketones is 1. The zero-order chi connectivity index (χ0) is 24.0. The van der Waals surface area contributed by atoms with Crippen LogP contribution in [0.15, 0.2) is 42.5 Å². The van der Waals surface area contributed by atoms with Crippen molar-refractivity contribution in [3.05, 3.63) is 64.7 Å². The number of piperazine rings is 1. The summed E-state index contributed by atoms with van der Waals surface area (Å²) in [7, 11) is 1.58. The smallest absolute Gasteiger partial charge is 0.416 e. The summed E-state index contributed by atoms with van der Waals surface area (Å²) in [6.07, 6.45) is -4.33. The first-order valence-corrected chi connectivity index (χ1v) is 11.7. The van der Waals surface area contributed by atoms with Crippen LogP contribution in [0.2, 0.25) is 0 Å². The normalized spacial score (nSPS) is 14.9. The molecule has 5 nitrogen and oxygen atoms in total. The van der Waals surface area contributed by atoms with Gasteiger partial charge in [0.2, 0.25) is 5.91 Å². The first-order valence-electron chi connectivity index (χ1n) is 10.6. The lowest BCUT2D eigenvalue weighted by Crippen LogP contribution is -2.48. The molecule has 1 amide bonds. The highest BCUT2D eigenvalue weighted by atomic mass is 32.2. The second kappa shape index (κ2) is 11.1. The molecule has 0 aliphatic carbocycles. The minimum atomic E-state index is -4.33. The highest BCUT2D eigenvalue weighted by molar-refractivity contribution is 7.99. The van der Waals surface area contributed by atoms with Gasteiger partial charge in [-0.05, 0) is 42.8 Å². The molecule has 3 rings (SSSR count). The molecule has 1 aliphatic heterocycles. The van der Waals surface area contributed by atoms with Gasteiger partial charge in [-0.1, -0.05) is 12.1 Å². The van der Waals surface area contributed by atoms with E-state index in [-0.39, 0.29) is 11.7 Å². The number of benzene rings is 2. The van der Waals surface area contributed by atoms with E-state index in [0.29, 0.717) is 55.5 Å². The Morgan fingerprint density at radius 2 is 1.70 bits per heavy atom. The highest BCUT2D eigenvalue weighted by Gasteiger charge is 2.30. The van der Waals surface area contributed by atoms with Gasteiger partial charge in [0.25, 0.3) is 0 Å². The maximum atomic E-state index is 12.7. The molecule has 0 bridgehead atoms. The fraction of sp³-hybridized carbons (Fsp3) is 0.417. The Morgan fingerprint density at radius 3 is 2.27 bits per heavy atom. The van der Waals surface area contributed by atoms with E-state index >= 15 is 0 Å². The lowest BCUT2D eigenvalue weighted by molar-refractivity contribution is -0.137. The van der Waals surface area contributed by atoms with E-state index in [1.54, 1.807) is 25.3 Å². The SMILES string of the molecule is COc1ccc(C(C)=O)cc1CSCC(=O)N1CCN(Cc2ccc(C(F)(F)F)cc2)CC1. The number of halogens is 3. The van der Waals surface area contributed by atoms with E-state index < -0.39 is 11.7 Å². The Bertz CT molecular complexity index is 972. The Morgan fingerprint density at radius 1 is 1.03 bits per heavy atom. The van der Waals surface area contributed by atoms with E-state index in [0.717, 1.165) is 23.3 Å². The molecular formula is C24H27F3N2O3S. The van der Waals surface area contributed by atoms with Crippen LogP contribution in [-0.2, 0) is 23.3 Å². The number of Topliss-reactive ketones (excluding diaryl/α,β-unsaturated/α-hetero) is 1. The van der Waals surface area contributed by atoms with Crippen molar-refractivity contribution in [2.45, 2.75) is 25.4 Å². The van der Waals surface area contributed by atoms with Gasteiger partial charge in [-0.2, -0.15) is 13.2 Å². The van der Waals surface area contributed by atoms with Gasteiger partial charge in [-0.25, -0.2) is 0 Å². The maximum Gasteiger partial charge on any atom is 0.416 e. The lowest BCUT2D eigenvalue weighted by atomic mass is 10.1. The van der Waals surface area contributed by atoms with Gasteiger partial charge >= 0.3 is 6.18 Å². The van der Waals surface area contributed by atoms with Crippen molar-refractivity contribution in [1.29, 1.82) is 0 Å². The molecule has 1 fully saturated rings. The number of carbonyl (C=O) groups excluding carboxylic acids is 2. The van der Waals surface area contributed by atoms with E-state index in [4.69, 9.17) is 4.74 Å². The fourth-order valence-corrected chi connectivity index (χ4v) is 4.57. The van der Waals surface area contributed by atoms with Crippen LogP contribution in [0.3, 0.4) is 0 Å². The molecule has 2 aromatic carbocycles. The van der Waals surface area contributed by atoms with Gasteiger partial charge in [-0.15, -0.1) is 11.8 Å². The molecule has 9 heteroatoms. The molecule has 0 atom stereocenters. The van der Waals surface area contributed by atoms with Crippen LogP contribution in [-0.4, -0.2) is 60.5 Å². The summed E-state index contributed by atoms with van der Waals surface area (Å²) < 4.78 is 43.5. The van der Waals surface area contributed by atoms with Crippen LogP contribution < -0.4 is 4.74 Å². The number of amides is 1. The summed E-state index contributed by atoms with van der Waals surface area (Å²) in [6.45, 7) is 4.59. The Balaban J connectivity index is 1.44. The third kappa shape index (κ3) is 6.98. The van der Waals surface area contributed by atoms with E-state index in [9.17, 15) is 22.8 Å². The van der Waals surface area contributed by atoms with E-state index in [2.05, 4.69) is 4.90 Å². The van der Waals surface area contributed by atoms with Crippen molar-refractivity contribution in [3.8, 4) is 5.75 Å². The molecule has 0 unspecified atom stereocenters. The average Bonchev–Trinajstić information content (AvgIpc) is 2.79. The van der Waals surface area contributed by atoms with Crippen molar-refractivity contribution in [2.24, 2.45) is 0 Å². The topological polar surface area (TPSA) is 49.9 Å². The molecule has 0 spiro atoms. The van der Waals surface area contributed by atoms with Gasteiger partial charge in [-0.3, -0.25) is 14.5 Å². The van der Waals surface area contributed by atoms with Crippen LogP contribution in [0.1, 0.15) is 34.0 Å². The summed E-state index contributed by atoms with van der Waals surface area (Å²) in [6, 6.07) is 10.5. The van der Waals surface area contributed by atoms with Gasteiger partial charge in [0, 0.05) is 49.6 Å². The van der Waals surface area contributed by atoms with Crippen LogP contribution in [0.5, 0.6) is 5.75 Å². The van der Waals surface area contributed by atoms with Crippen molar-refractivity contribution in [1.82, 2.24) is 9.80 Å². The molecule has 33 heavy (non-hydrogen) atoms. The minimum absolute atomic E-state index is 0.0193. The van der Waals surface area contributed by atoms with Crippen LogP contribution in [0.25, 0.3) is 0 Å². The number of methoxy groups -OCH3 is 1. The molecule has 1 heterocycles. The molecule has 1 saturated heterocycles. The van der Waals surface area contributed by atoms with Crippen molar-refractivity contribution in [3.63, 3.8) is 0 Å². The number of ether oxygens (including phenoxy) is 1. The number of thioether (sulfide) groups is 1. The molecule has 0 saturated carbocycles. The summed E-state index contributed by atoms with van der Waals surface area (Å²) in [5.41, 5.74) is 1.66. The fourth-order valence-electron chi connectivity index (χ4n) is 3.66. The Kier molecular flexibility index (Phi) is 8.42. The maximum absolute atomic E-state index is 12.7. The third-order valence-corrected chi connectivity index (χ3v) is 6.55. The van der Waals surface area contributed by atoms with Gasteiger partial charge in [0.05, 0.1) is 18.4 Å². The predicted octanol–water partition coefficient (Wildman–Crippen LogP) is 4.49. The van der Waals surface area contributed by atoms with Crippen LogP contribution >= 0.6 is 11.8 Å².